The first-order chi connectivity index (χ1) is 5.24. The third kappa shape index (κ3) is 2.19. The molecule has 0 fully saturated rings. The molecule has 0 heterocycles. The lowest BCUT2D eigenvalue weighted by atomic mass is 9.93. The summed E-state index contributed by atoms with van der Waals surface area (Å²) >= 11 is 0. The number of rotatable bonds is 2. The largest absolute Gasteiger partial charge is 0.377 e. The van der Waals surface area contributed by atoms with Gasteiger partial charge < -0.3 is 4.74 Å². The van der Waals surface area contributed by atoms with Crippen molar-refractivity contribution in [2.75, 3.05) is 7.11 Å². The Morgan fingerprint density at radius 3 is 2.82 bits per heavy atom. The molecule has 0 saturated heterocycles. The van der Waals surface area contributed by atoms with E-state index < -0.39 is 0 Å². The van der Waals surface area contributed by atoms with Crippen LogP contribution in [0, 0.1) is 5.92 Å². The molecule has 1 aliphatic rings. The van der Waals surface area contributed by atoms with Gasteiger partial charge >= 0.3 is 0 Å². The van der Waals surface area contributed by atoms with Gasteiger partial charge in [0.25, 0.3) is 0 Å². The minimum Gasteiger partial charge on any atom is -0.377 e. The number of hydrogen-bond acceptors (Lipinski definition) is 1. The van der Waals surface area contributed by atoms with Crippen LogP contribution in [0.25, 0.3) is 0 Å². The van der Waals surface area contributed by atoms with Crippen LogP contribution in [-0.2, 0) is 4.74 Å². The van der Waals surface area contributed by atoms with Crippen molar-refractivity contribution in [3.8, 4) is 0 Å². The fourth-order valence-corrected chi connectivity index (χ4v) is 1.26. The first-order valence-electron chi connectivity index (χ1n) is 4.14. The summed E-state index contributed by atoms with van der Waals surface area (Å²) in [5.74, 6) is 0.651. The van der Waals surface area contributed by atoms with Crippen LogP contribution in [0.2, 0.25) is 0 Å². The molecule has 1 atom stereocenters. The quantitative estimate of drug-likeness (QED) is 0.591. The van der Waals surface area contributed by atoms with Gasteiger partial charge in [0.2, 0.25) is 0 Å². The van der Waals surface area contributed by atoms with Crippen LogP contribution in [-0.4, -0.2) is 13.2 Å². The van der Waals surface area contributed by atoms with Crippen molar-refractivity contribution >= 4 is 0 Å². The van der Waals surface area contributed by atoms with Gasteiger partial charge in [-0.05, 0) is 12.3 Å². The maximum absolute atomic E-state index is 5.24. The van der Waals surface area contributed by atoms with Crippen LogP contribution in [0.4, 0.5) is 0 Å². The van der Waals surface area contributed by atoms with Crippen molar-refractivity contribution in [1.82, 2.24) is 0 Å². The van der Waals surface area contributed by atoms with E-state index in [1.54, 1.807) is 7.11 Å². The molecule has 0 aromatic carbocycles. The van der Waals surface area contributed by atoms with Crippen molar-refractivity contribution in [1.29, 1.82) is 0 Å². The van der Waals surface area contributed by atoms with Crippen molar-refractivity contribution in [2.45, 2.75) is 26.4 Å². The molecule has 0 spiro atoms. The molecule has 0 amide bonds. The highest BCUT2D eigenvalue weighted by atomic mass is 16.5. The van der Waals surface area contributed by atoms with Crippen LogP contribution in [0.15, 0.2) is 23.8 Å². The van der Waals surface area contributed by atoms with Crippen LogP contribution < -0.4 is 0 Å². The topological polar surface area (TPSA) is 9.23 Å². The van der Waals surface area contributed by atoms with Gasteiger partial charge in [0.1, 0.15) is 0 Å². The first-order valence-corrected chi connectivity index (χ1v) is 4.14. The van der Waals surface area contributed by atoms with Crippen LogP contribution in [0.3, 0.4) is 0 Å². The van der Waals surface area contributed by atoms with E-state index in [0.717, 1.165) is 6.42 Å². The summed E-state index contributed by atoms with van der Waals surface area (Å²) in [5, 5.41) is 0. The van der Waals surface area contributed by atoms with E-state index in [4.69, 9.17) is 4.74 Å². The molecule has 0 radical (unpaired) electrons. The Balaban J connectivity index is 2.57. The minimum atomic E-state index is 0.303. The van der Waals surface area contributed by atoms with E-state index in [0.29, 0.717) is 12.0 Å². The molecule has 1 rings (SSSR count). The fourth-order valence-electron chi connectivity index (χ4n) is 1.26. The lowest BCUT2D eigenvalue weighted by molar-refractivity contribution is 0.138. The van der Waals surface area contributed by atoms with Crippen LogP contribution in [0.1, 0.15) is 20.3 Å². The van der Waals surface area contributed by atoms with E-state index in [1.165, 1.54) is 5.57 Å². The van der Waals surface area contributed by atoms with Crippen molar-refractivity contribution in [2.24, 2.45) is 5.92 Å². The van der Waals surface area contributed by atoms with Crippen LogP contribution >= 0.6 is 0 Å². The Hall–Kier alpha value is -0.560. The molecule has 0 bridgehead atoms. The van der Waals surface area contributed by atoms with Gasteiger partial charge in [0.15, 0.2) is 0 Å². The van der Waals surface area contributed by atoms with E-state index >= 15 is 0 Å². The molecule has 0 aromatic rings. The average molecular weight is 152 g/mol. The summed E-state index contributed by atoms with van der Waals surface area (Å²) in [4.78, 5) is 0. The second-order valence-corrected chi connectivity index (χ2v) is 3.26. The summed E-state index contributed by atoms with van der Waals surface area (Å²) in [6.45, 7) is 4.44. The van der Waals surface area contributed by atoms with Gasteiger partial charge in [-0.15, -0.1) is 0 Å². The summed E-state index contributed by atoms with van der Waals surface area (Å²) in [6, 6.07) is 0. The summed E-state index contributed by atoms with van der Waals surface area (Å²) in [6.07, 6.45) is 7.75. The third-order valence-corrected chi connectivity index (χ3v) is 2.12. The Labute approximate surface area is 68.8 Å². The third-order valence-electron chi connectivity index (χ3n) is 2.12. The molecular formula is C10H16O. The molecular weight excluding hydrogens is 136 g/mol. The van der Waals surface area contributed by atoms with E-state index in [-0.39, 0.29) is 0 Å². The zero-order valence-electron chi connectivity index (χ0n) is 7.50. The molecule has 0 unspecified atom stereocenters. The number of allylic oxidation sites excluding steroid dienone is 2. The molecule has 0 aliphatic heterocycles. The lowest BCUT2D eigenvalue weighted by Crippen LogP contribution is -2.12. The summed E-state index contributed by atoms with van der Waals surface area (Å²) in [5.41, 5.74) is 1.49. The Morgan fingerprint density at radius 2 is 2.27 bits per heavy atom. The molecule has 62 valence electrons. The zero-order valence-corrected chi connectivity index (χ0v) is 7.50. The Morgan fingerprint density at radius 1 is 1.55 bits per heavy atom. The van der Waals surface area contributed by atoms with E-state index in [2.05, 4.69) is 32.1 Å². The zero-order chi connectivity index (χ0) is 8.27. The monoisotopic (exact) mass is 152 g/mol. The van der Waals surface area contributed by atoms with E-state index in [9.17, 15) is 0 Å². The second-order valence-electron chi connectivity index (χ2n) is 3.26. The maximum atomic E-state index is 5.24. The van der Waals surface area contributed by atoms with Gasteiger partial charge in [-0.1, -0.05) is 37.6 Å². The molecule has 11 heavy (non-hydrogen) atoms. The molecule has 0 aromatic heterocycles. The molecule has 1 nitrogen and oxygen atoms in total. The Kier molecular flexibility index (Phi) is 2.89. The molecule has 0 N–H and O–H groups in total. The van der Waals surface area contributed by atoms with Crippen molar-refractivity contribution in [3.05, 3.63) is 23.8 Å². The van der Waals surface area contributed by atoms with Gasteiger partial charge in [-0.2, -0.15) is 0 Å². The predicted molar refractivity (Wildman–Crippen MR) is 47.5 cm³/mol. The average Bonchev–Trinajstić information content (AvgIpc) is 2.05. The highest BCUT2D eigenvalue weighted by Crippen LogP contribution is 2.21. The highest BCUT2D eigenvalue weighted by Gasteiger charge is 2.11. The van der Waals surface area contributed by atoms with Gasteiger partial charge in [0, 0.05) is 7.11 Å². The number of methoxy groups -OCH3 is 1. The smallest absolute Gasteiger partial charge is 0.0792 e. The van der Waals surface area contributed by atoms with Crippen LogP contribution in [0.5, 0.6) is 0 Å². The predicted octanol–water partition coefficient (Wildman–Crippen LogP) is 2.54. The fraction of sp³-hybridized carbons (Fsp3) is 0.600. The SMILES string of the molecule is CO[C@@H]1C=CC=C(C(C)C)C1. The number of ether oxygens (including phenoxy) is 1. The summed E-state index contributed by atoms with van der Waals surface area (Å²) in [7, 11) is 1.76. The summed E-state index contributed by atoms with van der Waals surface area (Å²) < 4.78 is 5.24. The minimum absolute atomic E-state index is 0.303. The van der Waals surface area contributed by atoms with E-state index in [1.807, 2.05) is 0 Å². The standard InChI is InChI=1S/C10H16O/c1-8(2)9-5-4-6-10(7-9)11-3/h4-6,8,10H,7H2,1-3H3/t10-/m1/s1. The van der Waals surface area contributed by atoms with Crippen molar-refractivity contribution < 1.29 is 4.74 Å². The van der Waals surface area contributed by atoms with Crippen molar-refractivity contribution in [3.63, 3.8) is 0 Å². The Bertz CT molecular complexity index is 177. The highest BCUT2D eigenvalue weighted by molar-refractivity contribution is 5.21. The number of hydrogen-bond donors (Lipinski definition) is 0. The molecule has 1 aliphatic carbocycles. The maximum Gasteiger partial charge on any atom is 0.0792 e. The molecule has 0 saturated carbocycles. The second kappa shape index (κ2) is 3.72. The normalized spacial score (nSPS) is 24.0. The molecule has 1 heteroatoms. The lowest BCUT2D eigenvalue weighted by Gasteiger charge is -2.19. The first kappa shape index (κ1) is 8.54. The van der Waals surface area contributed by atoms with Gasteiger partial charge in [-0.3, -0.25) is 0 Å². The van der Waals surface area contributed by atoms with Gasteiger partial charge in [-0.25, -0.2) is 0 Å². The van der Waals surface area contributed by atoms with Gasteiger partial charge in [0.05, 0.1) is 6.10 Å².